The number of carbonyl (C=O) groups excluding carboxylic acids is 1. The summed E-state index contributed by atoms with van der Waals surface area (Å²) in [7, 11) is 0. The molecule has 0 heterocycles. The van der Waals surface area contributed by atoms with Crippen LogP contribution in [0.25, 0.3) is 0 Å². The van der Waals surface area contributed by atoms with Crippen molar-refractivity contribution >= 4 is 40.7 Å². The van der Waals surface area contributed by atoms with Crippen molar-refractivity contribution < 1.29 is 15.4 Å². The van der Waals surface area contributed by atoms with Crippen LogP contribution >= 0.6 is 0 Å². The van der Waals surface area contributed by atoms with Crippen LogP contribution in [0.1, 0.15) is 110 Å². The molecule has 0 amide bonds. The first kappa shape index (κ1) is 31.3. The third-order valence-electron chi connectivity index (χ3n) is 3.98. The number of hydrogen-bond donors (Lipinski definition) is 0. The van der Waals surface area contributed by atoms with Crippen molar-refractivity contribution in [3.05, 3.63) is 0 Å². The molecule has 0 bridgehead atoms. The van der Waals surface area contributed by atoms with E-state index in [4.69, 9.17) is 0 Å². The second-order valence-corrected chi connectivity index (χ2v) is 6.07. The molecule has 0 aliphatic rings. The minimum atomic E-state index is -0.903. The number of unbranched alkanes of at least 4 members (excludes halogenated alkanes) is 14. The van der Waals surface area contributed by atoms with E-state index in [0.717, 1.165) is 12.8 Å². The van der Waals surface area contributed by atoms with Crippen LogP contribution in [0.15, 0.2) is 0 Å². The Hall–Kier alpha value is 0.495. The summed E-state index contributed by atoms with van der Waals surface area (Å²) in [4.78, 5) is 10.2. The minimum Gasteiger partial charge on any atom is -2.00 e. The van der Waals surface area contributed by atoms with E-state index in [1.165, 1.54) is 83.5 Å². The van der Waals surface area contributed by atoms with Crippen LogP contribution < -0.4 is 5.11 Å². The van der Waals surface area contributed by atoms with E-state index >= 15 is 0 Å². The molecule has 0 spiro atoms. The van der Waals surface area contributed by atoms with E-state index in [1.54, 1.807) is 0 Å². The first-order valence-electron chi connectivity index (χ1n) is 8.97. The zero-order chi connectivity index (χ0) is 14.9. The fourth-order valence-corrected chi connectivity index (χ4v) is 2.64. The average molecular weight is 353 g/mol. The summed E-state index contributed by atoms with van der Waals surface area (Å²) in [6.45, 7) is 2.27. The predicted molar refractivity (Wildman–Crippen MR) is 96.7 cm³/mol. The number of hydrogen-bond acceptors (Lipinski definition) is 2. The zero-order valence-corrected chi connectivity index (χ0v) is 17.5. The van der Waals surface area contributed by atoms with Gasteiger partial charge in [0.15, 0.2) is 0 Å². The van der Waals surface area contributed by atoms with E-state index in [2.05, 4.69) is 6.92 Å². The molecule has 0 N–H and O–H groups in total. The molecule has 0 aliphatic carbocycles. The van der Waals surface area contributed by atoms with Crippen molar-refractivity contribution in [2.45, 2.75) is 110 Å². The normalized spacial score (nSPS) is 9.43. The molecular formula is C18H35Al2O3+3. The fourth-order valence-electron chi connectivity index (χ4n) is 2.64. The van der Waals surface area contributed by atoms with Gasteiger partial charge in [0.2, 0.25) is 0 Å². The summed E-state index contributed by atoms with van der Waals surface area (Å²) in [5, 5.41) is 10.2. The number of carbonyl (C=O) groups is 1. The zero-order valence-electron chi connectivity index (χ0n) is 15.2. The van der Waals surface area contributed by atoms with E-state index in [1.807, 2.05) is 0 Å². The van der Waals surface area contributed by atoms with Gasteiger partial charge in [-0.2, -0.15) is 0 Å². The minimum absolute atomic E-state index is 0. The maximum Gasteiger partial charge on any atom is 3.00 e. The molecule has 5 heteroatoms. The van der Waals surface area contributed by atoms with Crippen molar-refractivity contribution in [3.63, 3.8) is 0 Å². The molecule has 0 aromatic heterocycles. The molecule has 0 rings (SSSR count). The Morgan fingerprint density at radius 3 is 1.13 bits per heavy atom. The third-order valence-corrected chi connectivity index (χ3v) is 3.98. The molecule has 3 nitrogen and oxygen atoms in total. The van der Waals surface area contributed by atoms with E-state index in [-0.39, 0.29) is 46.6 Å². The SMILES string of the molecule is CCCCCCCCCCCCCCCCCC(=O)[O-].[Al+3].[Al+3].[O-2]. The molecule has 0 fully saturated rings. The Balaban J connectivity index is -0.000000602. The van der Waals surface area contributed by atoms with Crippen molar-refractivity contribution in [1.82, 2.24) is 0 Å². The van der Waals surface area contributed by atoms with Gasteiger partial charge in [-0.15, -0.1) is 0 Å². The molecule has 0 saturated heterocycles. The molecule has 0 aromatic carbocycles. The first-order valence-corrected chi connectivity index (χ1v) is 8.97. The van der Waals surface area contributed by atoms with Crippen LogP contribution in [0.2, 0.25) is 0 Å². The Kier molecular flexibility index (Phi) is 37.2. The summed E-state index contributed by atoms with van der Waals surface area (Å²) in [5.74, 6) is -0.903. The maximum absolute atomic E-state index is 10.2. The van der Waals surface area contributed by atoms with Gasteiger partial charge in [0.1, 0.15) is 0 Å². The quantitative estimate of drug-likeness (QED) is 0.309. The van der Waals surface area contributed by atoms with Crippen LogP contribution in [-0.2, 0) is 10.3 Å². The van der Waals surface area contributed by atoms with Crippen LogP contribution in [0.3, 0.4) is 0 Å². The molecule has 0 unspecified atom stereocenters. The summed E-state index contributed by atoms with van der Waals surface area (Å²) in [6, 6.07) is 0. The first-order chi connectivity index (χ1) is 9.77. The second-order valence-electron chi connectivity index (χ2n) is 6.07. The van der Waals surface area contributed by atoms with Gasteiger partial charge in [-0.05, 0) is 12.8 Å². The number of carboxylic acid groups (broad SMARTS) is 1. The topological polar surface area (TPSA) is 68.6 Å². The second kappa shape index (κ2) is 27.3. The summed E-state index contributed by atoms with van der Waals surface area (Å²) in [5.41, 5.74) is 0. The van der Waals surface area contributed by atoms with Gasteiger partial charge >= 0.3 is 34.7 Å². The van der Waals surface area contributed by atoms with Crippen LogP contribution in [0.4, 0.5) is 0 Å². The number of rotatable bonds is 16. The van der Waals surface area contributed by atoms with Gasteiger partial charge in [-0.1, -0.05) is 96.8 Å². The maximum atomic E-state index is 10.2. The van der Waals surface area contributed by atoms with Gasteiger partial charge in [-0.3, -0.25) is 0 Å². The third kappa shape index (κ3) is 30.9. The number of aliphatic carboxylic acids is 1. The molecule has 128 valence electrons. The van der Waals surface area contributed by atoms with Crippen LogP contribution in [0.5, 0.6) is 0 Å². The van der Waals surface area contributed by atoms with Crippen molar-refractivity contribution in [3.8, 4) is 0 Å². The Labute approximate surface area is 165 Å². The van der Waals surface area contributed by atoms with Gasteiger partial charge in [0.25, 0.3) is 0 Å². The summed E-state index contributed by atoms with van der Waals surface area (Å²) >= 11 is 0. The van der Waals surface area contributed by atoms with E-state index < -0.39 is 5.97 Å². The van der Waals surface area contributed by atoms with Gasteiger partial charge in [0, 0.05) is 5.97 Å². The fraction of sp³-hybridized carbons (Fsp3) is 0.944. The van der Waals surface area contributed by atoms with Crippen LogP contribution in [0, 0.1) is 0 Å². The van der Waals surface area contributed by atoms with Crippen molar-refractivity contribution in [2.24, 2.45) is 0 Å². The Morgan fingerprint density at radius 2 is 0.870 bits per heavy atom. The molecule has 0 aromatic rings. The largest absolute Gasteiger partial charge is 3.00 e. The van der Waals surface area contributed by atoms with Gasteiger partial charge in [0.05, 0.1) is 0 Å². The summed E-state index contributed by atoms with van der Waals surface area (Å²) in [6.07, 6.45) is 19.9. The smallest absolute Gasteiger partial charge is 2.00 e. The van der Waals surface area contributed by atoms with Gasteiger partial charge < -0.3 is 15.4 Å². The molecule has 0 radical (unpaired) electrons. The molecule has 23 heavy (non-hydrogen) atoms. The average Bonchev–Trinajstić information content (AvgIpc) is 2.43. The van der Waals surface area contributed by atoms with Crippen molar-refractivity contribution in [2.75, 3.05) is 0 Å². The van der Waals surface area contributed by atoms with E-state index in [0.29, 0.717) is 0 Å². The molecule has 0 aliphatic heterocycles. The van der Waals surface area contributed by atoms with E-state index in [9.17, 15) is 9.90 Å². The molecular weight excluding hydrogens is 318 g/mol. The predicted octanol–water partition coefficient (Wildman–Crippen LogP) is 4.12. The summed E-state index contributed by atoms with van der Waals surface area (Å²) < 4.78 is 0. The molecule has 0 atom stereocenters. The Morgan fingerprint density at radius 1 is 0.609 bits per heavy atom. The molecule has 0 saturated carbocycles. The standard InChI is InChI=1S/C18H36O2.2Al.O/c1-2-3-4-5-6-7-8-9-10-11-12-13-14-15-16-17-18(19)20;;;/h2-17H2,1H3,(H,19,20);;;/q;2*+3;-2/p-1. The van der Waals surface area contributed by atoms with Crippen LogP contribution in [-0.4, -0.2) is 40.7 Å². The monoisotopic (exact) mass is 353 g/mol. The van der Waals surface area contributed by atoms with Gasteiger partial charge in [-0.25, -0.2) is 0 Å². The van der Waals surface area contributed by atoms with Crippen molar-refractivity contribution in [1.29, 1.82) is 0 Å². The number of carboxylic acids is 1. The Bertz CT molecular complexity index is 214.